The van der Waals surface area contributed by atoms with Gasteiger partial charge in [0.2, 0.25) is 5.91 Å². The first-order chi connectivity index (χ1) is 4.57. The first kappa shape index (κ1) is 9.23. The smallest absolute Gasteiger partial charge is 0.325 e. The molecule has 0 unspecified atom stereocenters. The summed E-state index contributed by atoms with van der Waals surface area (Å²) in [6, 6.07) is -0.869. The van der Waals surface area contributed by atoms with E-state index in [-0.39, 0.29) is 5.88 Å². The molecule has 0 rings (SSSR count). The second kappa shape index (κ2) is 4.11. The Bertz CT molecular complexity index is 148. The van der Waals surface area contributed by atoms with E-state index >= 15 is 0 Å². The highest BCUT2D eigenvalue weighted by molar-refractivity contribution is 6.27. The molecule has 4 nitrogen and oxygen atoms in total. The summed E-state index contributed by atoms with van der Waals surface area (Å²) in [5.41, 5.74) is 0. The standard InChI is InChI=1S/C5H8ClNO3/c1-3(5(9)10)7-4(8)2-6/h3H,2H2,1H3,(H,7,8)(H,9,10)/t3-/m1/s1. The number of carboxylic acid groups (broad SMARTS) is 1. The number of amides is 1. The fourth-order valence-corrected chi connectivity index (χ4v) is 0.419. The maximum atomic E-state index is 10.4. The molecule has 0 saturated heterocycles. The molecule has 0 aliphatic carbocycles. The van der Waals surface area contributed by atoms with Crippen molar-refractivity contribution >= 4 is 23.5 Å². The lowest BCUT2D eigenvalue weighted by molar-refractivity contribution is -0.140. The van der Waals surface area contributed by atoms with E-state index in [1.54, 1.807) is 0 Å². The zero-order valence-electron chi connectivity index (χ0n) is 5.43. The number of halogens is 1. The van der Waals surface area contributed by atoms with Gasteiger partial charge in [-0.2, -0.15) is 0 Å². The fraction of sp³-hybridized carbons (Fsp3) is 0.600. The molecule has 1 amide bonds. The minimum atomic E-state index is -1.07. The van der Waals surface area contributed by atoms with E-state index in [0.717, 1.165) is 0 Å². The number of rotatable bonds is 3. The van der Waals surface area contributed by atoms with Crippen molar-refractivity contribution in [1.82, 2.24) is 5.32 Å². The van der Waals surface area contributed by atoms with Crippen LogP contribution in [0.5, 0.6) is 0 Å². The molecule has 0 bridgehead atoms. The zero-order chi connectivity index (χ0) is 8.15. The highest BCUT2D eigenvalue weighted by Crippen LogP contribution is 1.82. The van der Waals surface area contributed by atoms with Crippen LogP contribution in [0.2, 0.25) is 0 Å². The summed E-state index contributed by atoms with van der Waals surface area (Å²) in [7, 11) is 0. The second-order valence-electron chi connectivity index (χ2n) is 1.76. The second-order valence-corrected chi connectivity index (χ2v) is 2.03. The number of hydrogen-bond donors (Lipinski definition) is 2. The normalized spacial score (nSPS) is 12.2. The van der Waals surface area contributed by atoms with Gasteiger partial charge < -0.3 is 10.4 Å². The van der Waals surface area contributed by atoms with Crippen LogP contribution < -0.4 is 5.32 Å². The maximum absolute atomic E-state index is 10.4. The minimum Gasteiger partial charge on any atom is -0.480 e. The number of carboxylic acids is 1. The Morgan fingerprint density at radius 3 is 2.50 bits per heavy atom. The monoisotopic (exact) mass is 165 g/mol. The molecule has 0 fully saturated rings. The maximum Gasteiger partial charge on any atom is 0.325 e. The Hall–Kier alpha value is -0.770. The highest BCUT2D eigenvalue weighted by atomic mass is 35.5. The lowest BCUT2D eigenvalue weighted by atomic mass is 10.3. The molecule has 0 aromatic heterocycles. The van der Waals surface area contributed by atoms with Crippen LogP contribution in [-0.4, -0.2) is 28.9 Å². The van der Waals surface area contributed by atoms with Gasteiger partial charge in [-0.15, -0.1) is 11.6 Å². The molecule has 0 radical (unpaired) electrons. The van der Waals surface area contributed by atoms with Gasteiger partial charge in [0.05, 0.1) is 0 Å². The molecule has 0 aromatic carbocycles. The largest absolute Gasteiger partial charge is 0.480 e. The van der Waals surface area contributed by atoms with Gasteiger partial charge in [0.15, 0.2) is 0 Å². The van der Waals surface area contributed by atoms with E-state index < -0.39 is 17.9 Å². The molecule has 0 aliphatic heterocycles. The zero-order valence-corrected chi connectivity index (χ0v) is 6.18. The van der Waals surface area contributed by atoms with Crippen molar-refractivity contribution in [2.45, 2.75) is 13.0 Å². The average molecular weight is 166 g/mol. The van der Waals surface area contributed by atoms with Gasteiger partial charge in [-0.3, -0.25) is 9.59 Å². The van der Waals surface area contributed by atoms with Gasteiger partial charge >= 0.3 is 5.97 Å². The van der Waals surface area contributed by atoms with Gasteiger partial charge in [0.1, 0.15) is 11.9 Å². The predicted molar refractivity (Wildman–Crippen MR) is 36.0 cm³/mol. The summed E-state index contributed by atoms with van der Waals surface area (Å²) in [6.07, 6.45) is 0. The van der Waals surface area contributed by atoms with Crippen molar-refractivity contribution in [3.63, 3.8) is 0 Å². The van der Waals surface area contributed by atoms with Gasteiger partial charge in [0.25, 0.3) is 0 Å². The molecule has 1 atom stereocenters. The summed E-state index contributed by atoms with van der Waals surface area (Å²) in [6.45, 7) is 1.37. The summed E-state index contributed by atoms with van der Waals surface area (Å²) in [5, 5.41) is 10.4. The van der Waals surface area contributed by atoms with E-state index in [0.29, 0.717) is 0 Å². The van der Waals surface area contributed by atoms with Crippen molar-refractivity contribution in [3.05, 3.63) is 0 Å². The first-order valence-corrected chi connectivity index (χ1v) is 3.19. The van der Waals surface area contributed by atoms with Crippen molar-refractivity contribution in [2.75, 3.05) is 5.88 Å². The third-order valence-corrected chi connectivity index (χ3v) is 1.11. The minimum absolute atomic E-state index is 0.211. The molecule has 0 spiro atoms. The predicted octanol–water partition coefficient (Wildman–Crippen LogP) is -0.186. The molecule has 58 valence electrons. The number of nitrogens with one attached hydrogen (secondary N) is 1. The average Bonchev–Trinajstić information content (AvgIpc) is 1.87. The van der Waals surface area contributed by atoms with Crippen LogP contribution in [0.3, 0.4) is 0 Å². The van der Waals surface area contributed by atoms with E-state index in [2.05, 4.69) is 5.32 Å². The van der Waals surface area contributed by atoms with E-state index in [1.807, 2.05) is 0 Å². The Kier molecular flexibility index (Phi) is 3.79. The van der Waals surface area contributed by atoms with Crippen molar-refractivity contribution < 1.29 is 14.7 Å². The van der Waals surface area contributed by atoms with Crippen molar-refractivity contribution in [1.29, 1.82) is 0 Å². The number of carbonyl (C=O) groups excluding carboxylic acids is 1. The SMILES string of the molecule is C[C@@H](NC(=O)CCl)C(=O)O. The van der Waals surface area contributed by atoms with Crippen LogP contribution in [0.1, 0.15) is 6.92 Å². The summed E-state index contributed by atoms with van der Waals surface area (Å²) >= 11 is 5.10. The van der Waals surface area contributed by atoms with Crippen LogP contribution in [0.4, 0.5) is 0 Å². The van der Waals surface area contributed by atoms with Gasteiger partial charge in [-0.1, -0.05) is 0 Å². The van der Waals surface area contributed by atoms with Crippen LogP contribution >= 0.6 is 11.6 Å². The highest BCUT2D eigenvalue weighted by Gasteiger charge is 2.11. The number of alkyl halides is 1. The molecule has 2 N–H and O–H groups in total. The Morgan fingerprint density at radius 1 is 1.70 bits per heavy atom. The molecule has 5 heteroatoms. The van der Waals surface area contributed by atoms with Crippen LogP contribution in [0.25, 0.3) is 0 Å². The first-order valence-electron chi connectivity index (χ1n) is 2.66. The van der Waals surface area contributed by atoms with Crippen molar-refractivity contribution in [2.24, 2.45) is 0 Å². The molecule has 10 heavy (non-hydrogen) atoms. The molecular weight excluding hydrogens is 158 g/mol. The van der Waals surface area contributed by atoms with Gasteiger partial charge in [0, 0.05) is 0 Å². The van der Waals surface area contributed by atoms with Gasteiger partial charge in [-0.25, -0.2) is 0 Å². The number of carbonyl (C=O) groups is 2. The number of hydrogen-bond acceptors (Lipinski definition) is 2. The van der Waals surface area contributed by atoms with E-state index in [9.17, 15) is 9.59 Å². The topological polar surface area (TPSA) is 66.4 Å². The molecule has 0 heterocycles. The van der Waals surface area contributed by atoms with Gasteiger partial charge in [-0.05, 0) is 6.92 Å². The summed E-state index contributed by atoms with van der Waals surface area (Å²) in [5.74, 6) is -1.76. The lowest BCUT2D eigenvalue weighted by Crippen LogP contribution is -2.38. The van der Waals surface area contributed by atoms with Crippen LogP contribution in [0, 0.1) is 0 Å². The molecule has 0 saturated carbocycles. The van der Waals surface area contributed by atoms with Crippen molar-refractivity contribution in [3.8, 4) is 0 Å². The molecule has 0 aromatic rings. The lowest BCUT2D eigenvalue weighted by Gasteiger charge is -2.05. The fourth-order valence-electron chi connectivity index (χ4n) is 0.342. The Morgan fingerprint density at radius 2 is 2.20 bits per heavy atom. The van der Waals surface area contributed by atoms with Crippen LogP contribution in [0.15, 0.2) is 0 Å². The third kappa shape index (κ3) is 3.29. The summed E-state index contributed by atoms with van der Waals surface area (Å²) in [4.78, 5) is 20.5. The Balaban J connectivity index is 3.68. The quantitative estimate of drug-likeness (QED) is 0.570. The van der Waals surface area contributed by atoms with E-state index in [4.69, 9.17) is 16.7 Å². The number of aliphatic carboxylic acids is 1. The summed E-state index contributed by atoms with van der Waals surface area (Å²) < 4.78 is 0. The molecule has 0 aliphatic rings. The van der Waals surface area contributed by atoms with E-state index in [1.165, 1.54) is 6.92 Å². The Labute approximate surface area is 63.2 Å². The third-order valence-electron chi connectivity index (χ3n) is 0.869. The molecular formula is C5H8ClNO3. The van der Waals surface area contributed by atoms with Crippen LogP contribution in [-0.2, 0) is 9.59 Å².